The lowest BCUT2D eigenvalue weighted by Crippen LogP contribution is -2.40. The number of aliphatic hydroxyl groups excluding tert-OH is 1. The number of benzene rings is 2. The zero-order chi connectivity index (χ0) is 28.4. The van der Waals surface area contributed by atoms with Gasteiger partial charge in [0.2, 0.25) is 0 Å². The van der Waals surface area contributed by atoms with Crippen LogP contribution in [-0.4, -0.2) is 47.3 Å². The van der Waals surface area contributed by atoms with Crippen LogP contribution in [0.2, 0.25) is 0 Å². The first-order valence-corrected chi connectivity index (χ1v) is 13.0. The van der Waals surface area contributed by atoms with Crippen LogP contribution < -0.4 is 20.5 Å². The fourth-order valence-corrected chi connectivity index (χ4v) is 4.65. The number of nitrogens with zero attached hydrogens (tertiary/aromatic N) is 1. The van der Waals surface area contributed by atoms with Crippen LogP contribution in [0.1, 0.15) is 61.6 Å². The number of methoxy groups -OCH3 is 1. The summed E-state index contributed by atoms with van der Waals surface area (Å²) in [5, 5.41) is 24.4. The first-order valence-electron chi connectivity index (χ1n) is 13.0. The Labute approximate surface area is 228 Å². The van der Waals surface area contributed by atoms with Gasteiger partial charge in [-0.3, -0.25) is 4.79 Å². The molecule has 1 aliphatic heterocycles. The Morgan fingerprint density at radius 1 is 1.23 bits per heavy atom. The SMILES string of the molecule is COc1cc(C(=O)CC[C@@](C)(O)c2cc3c(c(-c4ccc(F)cc4)n2)NCC[C@]3(C)N)ccc1OC[C@@H](C)O. The molecule has 0 bridgehead atoms. The number of pyridine rings is 1. The molecule has 2 aromatic carbocycles. The average molecular weight is 538 g/mol. The summed E-state index contributed by atoms with van der Waals surface area (Å²) in [5.74, 6) is 0.262. The second-order valence-corrected chi connectivity index (χ2v) is 10.6. The number of ketones is 1. The number of fused-ring (bicyclic) bond motifs is 1. The van der Waals surface area contributed by atoms with E-state index in [-0.39, 0.29) is 31.0 Å². The number of hydrogen-bond acceptors (Lipinski definition) is 8. The lowest BCUT2D eigenvalue weighted by atomic mass is 9.82. The van der Waals surface area contributed by atoms with Gasteiger partial charge in [-0.25, -0.2) is 9.37 Å². The van der Waals surface area contributed by atoms with Crippen LogP contribution in [0.3, 0.4) is 0 Å². The van der Waals surface area contributed by atoms with Crippen LogP contribution in [0.15, 0.2) is 48.5 Å². The molecule has 0 saturated carbocycles. The number of nitrogens with two attached hydrogens (primary N) is 1. The first-order chi connectivity index (χ1) is 18.4. The van der Waals surface area contributed by atoms with Gasteiger partial charge in [-0.15, -0.1) is 0 Å². The third kappa shape index (κ3) is 6.38. The van der Waals surface area contributed by atoms with Crippen LogP contribution in [-0.2, 0) is 11.1 Å². The van der Waals surface area contributed by atoms with Crippen LogP contribution in [0.25, 0.3) is 11.3 Å². The van der Waals surface area contributed by atoms with E-state index in [4.69, 9.17) is 20.2 Å². The molecule has 5 N–H and O–H groups in total. The Morgan fingerprint density at radius 3 is 2.62 bits per heavy atom. The normalized spacial score (nSPS) is 18.9. The van der Waals surface area contributed by atoms with Crippen molar-refractivity contribution >= 4 is 11.5 Å². The quantitative estimate of drug-likeness (QED) is 0.278. The standard InChI is InChI=1S/C30H36FN3O5/c1-18(35)17-39-24-10-7-20(15-25(24)38-4)23(36)11-12-30(3,37)26-16-22-28(33-14-13-29(22,2)32)27(34-26)19-5-8-21(31)9-6-19/h5-10,15-16,18,33,35,37H,11-14,17,32H2,1-4H3/t18-,29+,30-/m1/s1. The summed E-state index contributed by atoms with van der Waals surface area (Å²) in [6.45, 7) is 5.93. The summed E-state index contributed by atoms with van der Waals surface area (Å²) in [4.78, 5) is 17.9. The van der Waals surface area contributed by atoms with Crippen molar-refractivity contribution in [2.24, 2.45) is 5.73 Å². The van der Waals surface area contributed by atoms with E-state index in [9.17, 15) is 19.4 Å². The molecule has 0 spiro atoms. The van der Waals surface area contributed by atoms with E-state index >= 15 is 0 Å². The maximum Gasteiger partial charge on any atom is 0.163 e. The van der Waals surface area contributed by atoms with Gasteiger partial charge >= 0.3 is 0 Å². The minimum Gasteiger partial charge on any atom is -0.493 e. The second-order valence-electron chi connectivity index (χ2n) is 10.6. The molecule has 0 aliphatic carbocycles. The average Bonchev–Trinajstić information content (AvgIpc) is 2.90. The van der Waals surface area contributed by atoms with Gasteiger partial charge < -0.3 is 30.7 Å². The van der Waals surface area contributed by atoms with Crippen LogP contribution in [0.4, 0.5) is 10.1 Å². The van der Waals surface area contributed by atoms with Crippen molar-refractivity contribution in [2.45, 2.75) is 57.3 Å². The number of aromatic nitrogens is 1. The number of carbonyl (C=O) groups is 1. The Morgan fingerprint density at radius 2 is 1.95 bits per heavy atom. The van der Waals surface area contributed by atoms with Gasteiger partial charge in [-0.2, -0.15) is 0 Å². The van der Waals surface area contributed by atoms with Crippen molar-refractivity contribution in [3.05, 3.63) is 71.2 Å². The minimum absolute atomic E-state index is 0.0484. The molecular formula is C30H36FN3O5. The summed E-state index contributed by atoms with van der Waals surface area (Å²) in [7, 11) is 1.48. The lowest BCUT2D eigenvalue weighted by molar-refractivity contribution is 0.0396. The molecule has 0 unspecified atom stereocenters. The Kier molecular flexibility index (Phi) is 8.25. The smallest absolute Gasteiger partial charge is 0.163 e. The number of hydrogen-bond donors (Lipinski definition) is 4. The highest BCUT2D eigenvalue weighted by molar-refractivity contribution is 5.96. The molecule has 0 saturated heterocycles. The number of halogens is 1. The highest BCUT2D eigenvalue weighted by Crippen LogP contribution is 2.41. The van der Waals surface area contributed by atoms with E-state index < -0.39 is 17.2 Å². The predicted octanol–water partition coefficient (Wildman–Crippen LogP) is 4.52. The van der Waals surface area contributed by atoms with Gasteiger partial charge in [0.1, 0.15) is 18.0 Å². The van der Waals surface area contributed by atoms with E-state index in [1.165, 1.54) is 19.2 Å². The fraction of sp³-hybridized carbons (Fsp3) is 0.400. The molecule has 4 rings (SSSR count). The molecule has 3 atom stereocenters. The third-order valence-corrected chi connectivity index (χ3v) is 7.05. The van der Waals surface area contributed by atoms with Crippen LogP contribution in [0.5, 0.6) is 11.5 Å². The number of anilines is 1. The van der Waals surface area contributed by atoms with Gasteiger partial charge in [0.15, 0.2) is 17.3 Å². The van der Waals surface area contributed by atoms with Crippen molar-refractivity contribution in [1.82, 2.24) is 4.98 Å². The Balaban J connectivity index is 1.60. The van der Waals surface area contributed by atoms with E-state index in [0.29, 0.717) is 47.0 Å². The van der Waals surface area contributed by atoms with Crippen molar-refractivity contribution in [2.75, 3.05) is 25.6 Å². The number of Topliss-reactive ketones (excluding diaryl/α,β-unsaturated/α-hetero) is 1. The van der Waals surface area contributed by atoms with E-state index in [1.54, 1.807) is 50.2 Å². The lowest BCUT2D eigenvalue weighted by Gasteiger charge is -2.36. The highest BCUT2D eigenvalue weighted by Gasteiger charge is 2.35. The number of aliphatic hydroxyl groups is 2. The Hall–Kier alpha value is -3.53. The van der Waals surface area contributed by atoms with Gasteiger partial charge in [0.25, 0.3) is 0 Å². The van der Waals surface area contributed by atoms with Crippen molar-refractivity contribution < 1.29 is 28.9 Å². The topological polar surface area (TPSA) is 127 Å². The fourth-order valence-electron chi connectivity index (χ4n) is 4.65. The van der Waals surface area contributed by atoms with Gasteiger partial charge in [0, 0.05) is 29.6 Å². The van der Waals surface area contributed by atoms with Gasteiger partial charge in [-0.05, 0) is 87.7 Å². The molecule has 1 aliphatic rings. The largest absolute Gasteiger partial charge is 0.493 e. The molecule has 2 heterocycles. The molecule has 208 valence electrons. The minimum atomic E-state index is -1.45. The molecule has 0 radical (unpaired) electrons. The predicted molar refractivity (Wildman–Crippen MR) is 148 cm³/mol. The number of nitrogens with one attached hydrogen (secondary N) is 1. The molecule has 9 heteroatoms. The van der Waals surface area contributed by atoms with Gasteiger partial charge in [0.05, 0.1) is 30.3 Å². The van der Waals surface area contributed by atoms with Crippen molar-refractivity contribution in [1.29, 1.82) is 0 Å². The number of rotatable bonds is 10. The van der Waals surface area contributed by atoms with Gasteiger partial charge in [-0.1, -0.05) is 0 Å². The Bertz CT molecular complexity index is 1340. The zero-order valence-corrected chi connectivity index (χ0v) is 22.8. The molecule has 1 aromatic heterocycles. The van der Waals surface area contributed by atoms with Crippen molar-refractivity contribution in [3.63, 3.8) is 0 Å². The van der Waals surface area contributed by atoms with E-state index in [1.807, 2.05) is 6.92 Å². The summed E-state index contributed by atoms with van der Waals surface area (Å²) in [6.07, 6.45) is 0.197. The molecule has 0 amide bonds. The summed E-state index contributed by atoms with van der Waals surface area (Å²) in [6, 6.07) is 12.7. The van der Waals surface area contributed by atoms with E-state index in [2.05, 4.69) is 5.32 Å². The third-order valence-electron chi connectivity index (χ3n) is 7.05. The van der Waals surface area contributed by atoms with Crippen molar-refractivity contribution in [3.8, 4) is 22.8 Å². The zero-order valence-electron chi connectivity index (χ0n) is 22.8. The van der Waals surface area contributed by atoms with Crippen LogP contribution in [0, 0.1) is 5.82 Å². The summed E-state index contributed by atoms with van der Waals surface area (Å²) < 4.78 is 24.5. The summed E-state index contributed by atoms with van der Waals surface area (Å²) >= 11 is 0. The maximum atomic E-state index is 13.6. The molecule has 8 nitrogen and oxygen atoms in total. The molecule has 3 aromatic rings. The maximum absolute atomic E-state index is 13.6. The second kappa shape index (κ2) is 11.3. The first kappa shape index (κ1) is 28.5. The summed E-state index contributed by atoms with van der Waals surface area (Å²) in [5.41, 5.74) is 8.17. The number of ether oxygens (including phenoxy) is 2. The highest BCUT2D eigenvalue weighted by atomic mass is 19.1. The monoisotopic (exact) mass is 537 g/mol. The number of carbonyl (C=O) groups excluding carboxylic acids is 1. The molecule has 0 fully saturated rings. The van der Waals surface area contributed by atoms with Crippen LogP contribution >= 0.6 is 0 Å². The van der Waals surface area contributed by atoms with E-state index in [0.717, 1.165) is 11.3 Å². The molecular weight excluding hydrogens is 501 g/mol. The molecule has 39 heavy (non-hydrogen) atoms.